The third-order valence-corrected chi connectivity index (χ3v) is 10.4. The minimum atomic E-state index is 0.799. The Morgan fingerprint density at radius 3 is 1.63 bits per heavy atom. The summed E-state index contributed by atoms with van der Waals surface area (Å²) in [5.41, 5.74) is 9.51. The van der Waals surface area contributed by atoms with Crippen molar-refractivity contribution in [2.75, 3.05) is 0 Å². The lowest BCUT2D eigenvalue weighted by Crippen LogP contribution is -2.01. The van der Waals surface area contributed by atoms with Crippen LogP contribution in [0.15, 0.2) is 164 Å². The first-order valence-electron chi connectivity index (χ1n) is 16.3. The number of fused-ring (bicyclic) bond motifs is 6. The van der Waals surface area contributed by atoms with Gasteiger partial charge < -0.3 is 4.57 Å². The molecule has 4 heterocycles. The Hall–Kier alpha value is -6.37. The highest BCUT2D eigenvalue weighted by atomic mass is 32.1. The van der Waals surface area contributed by atoms with Gasteiger partial charge in [-0.05, 0) is 54.1 Å². The average molecular weight is 646 g/mol. The molecule has 10 aromatic rings. The van der Waals surface area contributed by atoms with Gasteiger partial charge in [0.2, 0.25) is 0 Å². The van der Waals surface area contributed by atoms with E-state index in [4.69, 9.17) is 4.98 Å². The van der Waals surface area contributed by atoms with Gasteiger partial charge in [0.05, 0.1) is 16.6 Å². The standard InChI is InChI=1S/C43H27N5S/c1-4-12-28(13-5-1)31-24-38-41(44-27-31)36-25-35-34-18-10-11-19-39(34)49-40(35)26-37(36)47(38)32-20-22-33(23-21-32)48-42(29-14-6-2-7-15-29)45-46-43(48)30-16-8-3-9-17-30/h1-27H. The van der Waals surface area contributed by atoms with Gasteiger partial charge >= 0.3 is 0 Å². The van der Waals surface area contributed by atoms with Crippen LogP contribution in [0.25, 0.3) is 87.4 Å². The first kappa shape index (κ1) is 27.7. The molecule has 0 saturated heterocycles. The van der Waals surface area contributed by atoms with E-state index in [-0.39, 0.29) is 0 Å². The highest BCUT2D eigenvalue weighted by Crippen LogP contribution is 2.41. The van der Waals surface area contributed by atoms with Crippen LogP contribution in [0.1, 0.15) is 0 Å². The van der Waals surface area contributed by atoms with E-state index in [1.54, 1.807) is 0 Å². The first-order valence-corrected chi connectivity index (χ1v) is 17.1. The van der Waals surface area contributed by atoms with E-state index in [1.807, 2.05) is 60.0 Å². The molecule has 0 aliphatic heterocycles. The summed E-state index contributed by atoms with van der Waals surface area (Å²) in [6.07, 6.45) is 2.00. The number of rotatable bonds is 5. The van der Waals surface area contributed by atoms with Crippen molar-refractivity contribution in [3.8, 4) is 45.3 Å². The van der Waals surface area contributed by atoms with Gasteiger partial charge in [0, 0.05) is 59.8 Å². The fourth-order valence-electron chi connectivity index (χ4n) is 6.99. The molecule has 10 rings (SSSR count). The predicted molar refractivity (Wildman–Crippen MR) is 203 cm³/mol. The Kier molecular flexibility index (Phi) is 6.29. The Balaban J connectivity index is 1.20. The maximum Gasteiger partial charge on any atom is 0.168 e. The molecule has 4 aromatic heterocycles. The lowest BCUT2D eigenvalue weighted by molar-refractivity contribution is 1.07. The van der Waals surface area contributed by atoms with Crippen LogP contribution in [-0.4, -0.2) is 24.3 Å². The van der Waals surface area contributed by atoms with Crippen molar-refractivity contribution >= 4 is 53.4 Å². The monoisotopic (exact) mass is 645 g/mol. The molecule has 0 aliphatic carbocycles. The zero-order valence-electron chi connectivity index (χ0n) is 26.2. The predicted octanol–water partition coefficient (Wildman–Crippen LogP) is 11.1. The number of benzene rings is 6. The minimum Gasteiger partial charge on any atom is -0.308 e. The van der Waals surface area contributed by atoms with Crippen molar-refractivity contribution < 1.29 is 0 Å². The van der Waals surface area contributed by atoms with Crippen molar-refractivity contribution in [2.24, 2.45) is 0 Å². The number of aromatic nitrogens is 5. The van der Waals surface area contributed by atoms with Crippen molar-refractivity contribution in [3.05, 3.63) is 164 Å². The van der Waals surface area contributed by atoms with Crippen LogP contribution in [0.2, 0.25) is 0 Å². The smallest absolute Gasteiger partial charge is 0.168 e. The molecule has 0 N–H and O–H groups in total. The Morgan fingerprint density at radius 1 is 0.408 bits per heavy atom. The van der Waals surface area contributed by atoms with E-state index < -0.39 is 0 Å². The molecular weight excluding hydrogens is 619 g/mol. The molecule has 0 amide bonds. The first-order chi connectivity index (χ1) is 24.3. The lowest BCUT2D eigenvalue weighted by atomic mass is 10.1. The topological polar surface area (TPSA) is 48.5 Å². The number of hydrogen-bond donors (Lipinski definition) is 0. The normalized spacial score (nSPS) is 11.7. The van der Waals surface area contributed by atoms with Gasteiger partial charge in [0.1, 0.15) is 0 Å². The lowest BCUT2D eigenvalue weighted by Gasteiger charge is -2.13. The number of thiophene rings is 1. The van der Waals surface area contributed by atoms with Crippen LogP contribution in [0, 0.1) is 0 Å². The highest BCUT2D eigenvalue weighted by molar-refractivity contribution is 7.25. The third kappa shape index (κ3) is 4.49. The van der Waals surface area contributed by atoms with Crippen LogP contribution in [0.4, 0.5) is 0 Å². The maximum atomic E-state index is 5.11. The molecule has 6 heteroatoms. The van der Waals surface area contributed by atoms with Gasteiger partial charge in [-0.15, -0.1) is 21.5 Å². The summed E-state index contributed by atoms with van der Waals surface area (Å²) in [6, 6.07) is 55.3. The largest absolute Gasteiger partial charge is 0.308 e. The Morgan fingerprint density at radius 2 is 0.980 bits per heavy atom. The minimum absolute atomic E-state index is 0.799. The van der Waals surface area contributed by atoms with E-state index in [1.165, 1.54) is 20.2 Å². The van der Waals surface area contributed by atoms with Crippen molar-refractivity contribution in [1.82, 2.24) is 24.3 Å². The molecule has 0 bridgehead atoms. The van der Waals surface area contributed by atoms with Gasteiger partial charge in [-0.1, -0.05) is 109 Å². The van der Waals surface area contributed by atoms with Gasteiger partial charge in [0.15, 0.2) is 11.6 Å². The van der Waals surface area contributed by atoms with Crippen LogP contribution < -0.4 is 0 Å². The van der Waals surface area contributed by atoms with E-state index in [2.05, 4.69) is 135 Å². The molecule has 6 aromatic carbocycles. The summed E-state index contributed by atoms with van der Waals surface area (Å²) in [5.74, 6) is 1.60. The quantitative estimate of drug-likeness (QED) is 0.187. The molecule has 0 spiro atoms. The Bertz CT molecular complexity index is 2740. The summed E-state index contributed by atoms with van der Waals surface area (Å²) in [7, 11) is 0. The molecule has 0 unspecified atom stereocenters. The SMILES string of the molecule is c1ccc(-c2cnc3c4cc5c(cc4n(-c4ccc(-n6c(-c7ccccc7)nnc6-c6ccccc6)cc4)c3c2)sc2ccccc25)cc1. The summed E-state index contributed by atoms with van der Waals surface area (Å²) in [6.45, 7) is 0. The highest BCUT2D eigenvalue weighted by Gasteiger charge is 2.20. The van der Waals surface area contributed by atoms with E-state index in [0.717, 1.165) is 67.2 Å². The van der Waals surface area contributed by atoms with Crippen LogP contribution >= 0.6 is 11.3 Å². The number of hydrogen-bond acceptors (Lipinski definition) is 4. The molecular formula is C43H27N5S. The molecule has 230 valence electrons. The maximum absolute atomic E-state index is 5.11. The Labute approximate surface area is 286 Å². The second-order valence-electron chi connectivity index (χ2n) is 12.2. The molecule has 0 aliphatic rings. The van der Waals surface area contributed by atoms with Crippen molar-refractivity contribution in [2.45, 2.75) is 0 Å². The van der Waals surface area contributed by atoms with Crippen molar-refractivity contribution in [3.63, 3.8) is 0 Å². The van der Waals surface area contributed by atoms with E-state index in [0.29, 0.717) is 0 Å². The van der Waals surface area contributed by atoms with Gasteiger partial charge in [0.25, 0.3) is 0 Å². The summed E-state index contributed by atoms with van der Waals surface area (Å²) in [4.78, 5) is 5.11. The summed E-state index contributed by atoms with van der Waals surface area (Å²) in [5, 5.41) is 13.1. The summed E-state index contributed by atoms with van der Waals surface area (Å²) >= 11 is 1.84. The zero-order valence-corrected chi connectivity index (χ0v) is 27.0. The fraction of sp³-hybridized carbons (Fsp3) is 0. The number of nitrogens with zero attached hydrogens (tertiary/aromatic N) is 5. The second-order valence-corrected chi connectivity index (χ2v) is 13.3. The van der Waals surface area contributed by atoms with Gasteiger partial charge in [-0.3, -0.25) is 9.55 Å². The van der Waals surface area contributed by atoms with E-state index in [9.17, 15) is 0 Å². The van der Waals surface area contributed by atoms with E-state index >= 15 is 0 Å². The second kappa shape index (κ2) is 11.1. The molecule has 49 heavy (non-hydrogen) atoms. The third-order valence-electron chi connectivity index (χ3n) is 9.30. The van der Waals surface area contributed by atoms with Crippen LogP contribution in [0.3, 0.4) is 0 Å². The van der Waals surface area contributed by atoms with Crippen LogP contribution in [-0.2, 0) is 0 Å². The molecule has 0 saturated carbocycles. The fourth-order valence-corrected chi connectivity index (χ4v) is 8.11. The molecule has 5 nitrogen and oxygen atoms in total. The summed E-state index contributed by atoms with van der Waals surface area (Å²) < 4.78 is 7.07. The zero-order chi connectivity index (χ0) is 32.3. The van der Waals surface area contributed by atoms with Crippen LogP contribution in [0.5, 0.6) is 0 Å². The molecule has 0 atom stereocenters. The van der Waals surface area contributed by atoms with Gasteiger partial charge in [-0.2, -0.15) is 0 Å². The number of pyridine rings is 1. The van der Waals surface area contributed by atoms with Crippen molar-refractivity contribution in [1.29, 1.82) is 0 Å². The molecule has 0 radical (unpaired) electrons. The molecule has 0 fully saturated rings. The van der Waals surface area contributed by atoms with Gasteiger partial charge in [-0.25, -0.2) is 0 Å². The average Bonchev–Trinajstić information content (AvgIpc) is 3.87.